The van der Waals surface area contributed by atoms with Crippen molar-refractivity contribution in [2.45, 2.75) is 231 Å². The fraction of sp³-hybridized carbons (Fsp3) is 0.404. The highest BCUT2D eigenvalue weighted by Gasteiger charge is 2.54. The van der Waals surface area contributed by atoms with Gasteiger partial charge in [0, 0.05) is 66.3 Å². The first-order valence-corrected chi connectivity index (χ1v) is 36.8. The minimum Gasteiger partial charge on any atom is -0.456 e. The van der Waals surface area contributed by atoms with Gasteiger partial charge >= 0.3 is 0 Å². The lowest BCUT2D eigenvalue weighted by Gasteiger charge is -2.40. The van der Waals surface area contributed by atoms with E-state index in [9.17, 15) is 0 Å². The van der Waals surface area contributed by atoms with Gasteiger partial charge in [-0.15, -0.1) is 0 Å². The summed E-state index contributed by atoms with van der Waals surface area (Å²) in [4.78, 5) is 7.80. The molecular formula is C89H98N2O2. The van der Waals surface area contributed by atoms with Crippen LogP contribution in [0, 0.1) is 0 Å². The average molecular weight is 1230 g/mol. The molecule has 476 valence electrons. The molecule has 8 aromatic carbocycles. The zero-order valence-corrected chi connectivity index (χ0v) is 57.2. The molecule has 0 amide bonds. The Morgan fingerprint density at radius 3 is 1.45 bits per heavy atom. The monoisotopic (exact) mass is 1230 g/mol. The minimum atomic E-state index is -0.288. The summed E-state index contributed by atoms with van der Waals surface area (Å²) in [6.45, 7) is 19.2. The van der Waals surface area contributed by atoms with Gasteiger partial charge in [-0.2, -0.15) is 0 Å². The normalized spacial score (nSPS) is 15.4. The van der Waals surface area contributed by atoms with Crippen LogP contribution < -0.4 is 4.90 Å². The quantitative estimate of drug-likeness (QED) is 0.0481. The van der Waals surface area contributed by atoms with E-state index in [0.29, 0.717) is 0 Å². The topological polar surface area (TPSA) is 42.4 Å². The van der Waals surface area contributed by atoms with E-state index in [1.807, 2.05) is 6.20 Å². The van der Waals surface area contributed by atoms with Gasteiger partial charge in [-0.05, 0) is 176 Å². The van der Waals surface area contributed by atoms with E-state index in [0.717, 1.165) is 46.7 Å². The SMILES string of the molecule is CCCCCCCC1(CCCCCCC)c2cc(N(c3ccc4c(c3)C(C)(C)c3cc5c(cc3-4)C(C)(C)c3ccc4oc6ccccc6c4c3-5)c3ccccn3)ccc2-c2c1c1c(c3c2oc2ccccc23)-c2ccccc2C1(CCCCCCC)CCCCCCC. The maximum atomic E-state index is 7.59. The van der Waals surface area contributed by atoms with Gasteiger partial charge in [-0.1, -0.05) is 269 Å². The van der Waals surface area contributed by atoms with Crippen molar-refractivity contribution in [3.05, 3.63) is 202 Å². The molecule has 0 saturated carbocycles. The summed E-state index contributed by atoms with van der Waals surface area (Å²) in [5.74, 6) is 0.931. The number of benzene rings is 8. The van der Waals surface area contributed by atoms with Crippen LogP contribution in [0.2, 0.25) is 0 Å². The van der Waals surface area contributed by atoms with Crippen LogP contribution in [-0.2, 0) is 21.7 Å². The van der Waals surface area contributed by atoms with Crippen LogP contribution in [0.5, 0.6) is 0 Å². The molecule has 4 aliphatic rings. The van der Waals surface area contributed by atoms with Gasteiger partial charge in [0.15, 0.2) is 0 Å². The van der Waals surface area contributed by atoms with Crippen molar-refractivity contribution in [3.8, 4) is 44.5 Å². The summed E-state index contributed by atoms with van der Waals surface area (Å²) >= 11 is 0. The Bertz CT molecular complexity index is 4580. The number of nitrogens with zero attached hydrogens (tertiary/aromatic N) is 2. The van der Waals surface area contributed by atoms with Gasteiger partial charge in [0.25, 0.3) is 0 Å². The number of fused-ring (bicyclic) bond motifs is 22. The van der Waals surface area contributed by atoms with Crippen molar-refractivity contribution >= 4 is 61.1 Å². The van der Waals surface area contributed by atoms with Crippen molar-refractivity contribution < 1.29 is 8.83 Å². The van der Waals surface area contributed by atoms with Crippen LogP contribution in [0.25, 0.3) is 88.4 Å². The first-order chi connectivity index (χ1) is 45.5. The first-order valence-electron chi connectivity index (χ1n) is 36.8. The van der Waals surface area contributed by atoms with Gasteiger partial charge < -0.3 is 8.83 Å². The number of aromatic nitrogens is 1. The highest BCUT2D eigenvalue weighted by molar-refractivity contribution is 6.21. The summed E-state index contributed by atoms with van der Waals surface area (Å²) < 4.78 is 14.2. The Labute approximate surface area is 554 Å². The molecule has 0 bridgehead atoms. The molecule has 3 heterocycles. The summed E-state index contributed by atoms with van der Waals surface area (Å²) in [6.07, 6.45) is 31.8. The van der Waals surface area contributed by atoms with Crippen LogP contribution in [0.4, 0.5) is 17.2 Å². The van der Waals surface area contributed by atoms with E-state index >= 15 is 0 Å². The molecule has 0 saturated heterocycles. The number of hydrogen-bond donors (Lipinski definition) is 0. The lowest BCUT2D eigenvalue weighted by Crippen LogP contribution is -2.33. The fourth-order valence-corrected chi connectivity index (χ4v) is 18.8. The molecule has 4 aliphatic carbocycles. The van der Waals surface area contributed by atoms with Crippen LogP contribution in [0.1, 0.15) is 254 Å². The van der Waals surface area contributed by atoms with E-state index in [1.54, 1.807) is 16.7 Å². The number of para-hydroxylation sites is 2. The molecule has 93 heavy (non-hydrogen) atoms. The number of anilines is 3. The Balaban J connectivity index is 0.941. The third-order valence-corrected chi connectivity index (χ3v) is 23.5. The molecule has 15 rings (SSSR count). The molecule has 0 atom stereocenters. The van der Waals surface area contributed by atoms with Crippen molar-refractivity contribution in [1.82, 2.24) is 4.98 Å². The van der Waals surface area contributed by atoms with Gasteiger partial charge in [0.1, 0.15) is 28.1 Å². The van der Waals surface area contributed by atoms with E-state index in [1.165, 1.54) is 241 Å². The second-order valence-corrected chi connectivity index (χ2v) is 29.8. The fourth-order valence-electron chi connectivity index (χ4n) is 18.8. The lowest BCUT2D eigenvalue weighted by molar-refractivity contribution is 0.369. The molecule has 0 N–H and O–H groups in total. The third kappa shape index (κ3) is 9.89. The predicted molar refractivity (Wildman–Crippen MR) is 395 cm³/mol. The molecule has 3 aromatic heterocycles. The summed E-state index contributed by atoms with van der Waals surface area (Å²) in [5, 5.41) is 5.01. The van der Waals surface area contributed by atoms with Crippen LogP contribution in [0.3, 0.4) is 0 Å². The predicted octanol–water partition coefficient (Wildman–Crippen LogP) is 26.9. The number of hydrogen-bond acceptors (Lipinski definition) is 4. The third-order valence-electron chi connectivity index (χ3n) is 23.5. The molecule has 11 aromatic rings. The molecule has 4 nitrogen and oxygen atoms in total. The molecule has 0 unspecified atom stereocenters. The largest absolute Gasteiger partial charge is 0.456 e. The van der Waals surface area contributed by atoms with Gasteiger partial charge in [0.05, 0.1) is 0 Å². The van der Waals surface area contributed by atoms with Crippen LogP contribution in [-0.4, -0.2) is 4.98 Å². The van der Waals surface area contributed by atoms with Crippen LogP contribution >= 0.6 is 0 Å². The summed E-state index contributed by atoms with van der Waals surface area (Å²) in [7, 11) is 0. The maximum Gasteiger partial charge on any atom is 0.144 e. The standard InChI is InChI=1S/C89H98N2O2/c1-9-13-17-21-32-50-88(51-33-22-18-14-10-2)68-40-28-25-37-62(68)80-81-65-39-27-30-42-75(65)93-85(81)82-63-47-45-60(56-73(63)89(84(82)83(80)88,52-34-23-19-15-11-3)53-35-24-20-16-12-4)91(77-43-31-36-54-90-77)59-44-46-61-66-57-72-67(58-71(66)87(7,8)70(61)55-59)78-69(86(72,5)6)48-49-76-79(78)64-38-26-29-41-74(64)92-76/h25-31,36-49,54-58H,9-24,32-35,50-53H2,1-8H3. The number of pyridine rings is 1. The molecule has 0 radical (unpaired) electrons. The van der Waals surface area contributed by atoms with E-state index in [4.69, 9.17) is 13.8 Å². The zero-order valence-electron chi connectivity index (χ0n) is 57.2. The number of unbranched alkanes of at least 4 members (excludes halogenated alkanes) is 16. The molecular weight excluding hydrogens is 1130 g/mol. The number of rotatable bonds is 27. The van der Waals surface area contributed by atoms with Crippen molar-refractivity contribution in [3.63, 3.8) is 0 Å². The Hall–Kier alpha value is -7.69. The van der Waals surface area contributed by atoms with Gasteiger partial charge in [0.2, 0.25) is 0 Å². The van der Waals surface area contributed by atoms with Crippen molar-refractivity contribution in [2.75, 3.05) is 4.90 Å². The maximum absolute atomic E-state index is 7.59. The summed E-state index contributed by atoms with van der Waals surface area (Å²) in [5.41, 5.74) is 28.4. The smallest absolute Gasteiger partial charge is 0.144 e. The van der Waals surface area contributed by atoms with Crippen molar-refractivity contribution in [2.24, 2.45) is 0 Å². The Morgan fingerprint density at radius 2 is 0.828 bits per heavy atom. The molecule has 0 fully saturated rings. The summed E-state index contributed by atoms with van der Waals surface area (Å²) in [6, 6.07) is 58.7. The Kier molecular flexibility index (Phi) is 16.5. The van der Waals surface area contributed by atoms with E-state index < -0.39 is 0 Å². The highest BCUT2D eigenvalue weighted by atomic mass is 16.3. The van der Waals surface area contributed by atoms with E-state index in [-0.39, 0.29) is 21.7 Å². The van der Waals surface area contributed by atoms with Crippen LogP contribution in [0.15, 0.2) is 167 Å². The highest BCUT2D eigenvalue weighted by Crippen LogP contribution is 2.68. The minimum absolute atomic E-state index is 0.129. The molecule has 4 heteroatoms. The molecule has 0 aliphatic heterocycles. The van der Waals surface area contributed by atoms with Crippen molar-refractivity contribution in [1.29, 1.82) is 0 Å². The van der Waals surface area contributed by atoms with Gasteiger partial charge in [-0.25, -0.2) is 4.98 Å². The second-order valence-electron chi connectivity index (χ2n) is 29.8. The second kappa shape index (κ2) is 24.9. The molecule has 0 spiro atoms. The van der Waals surface area contributed by atoms with Gasteiger partial charge in [-0.3, -0.25) is 4.90 Å². The zero-order chi connectivity index (χ0) is 63.6. The first kappa shape index (κ1) is 61.5. The number of furan rings is 2. The Morgan fingerprint density at radius 1 is 0.344 bits per heavy atom. The lowest BCUT2D eigenvalue weighted by atomic mass is 9.62. The van der Waals surface area contributed by atoms with E-state index in [2.05, 4.69) is 212 Å². The average Bonchev–Trinajstić information content (AvgIpc) is 1.62.